The number of carbonyl (C=O) groups is 1. The first-order valence-electron chi connectivity index (χ1n) is 2.85. The summed E-state index contributed by atoms with van der Waals surface area (Å²) in [4.78, 5) is 10.2. The number of aryl methyl sites for hydroxylation is 1. The Bertz CT molecular complexity index is 216. The summed E-state index contributed by atoms with van der Waals surface area (Å²) in [7, 11) is 0. The Hall–Kier alpha value is -1.11. The van der Waals surface area contributed by atoms with Crippen LogP contribution in [0.3, 0.4) is 0 Å². The van der Waals surface area contributed by atoms with Crippen molar-refractivity contribution in [2.45, 2.75) is 6.92 Å². The van der Waals surface area contributed by atoms with Gasteiger partial charge in [-0.1, -0.05) is 24.3 Å². The Kier molecular flexibility index (Phi) is 1.63. The topological polar surface area (TPSA) is 17.1 Å². The Labute approximate surface area is 54.3 Å². The zero-order valence-electron chi connectivity index (χ0n) is 5.29. The molecule has 0 fully saturated rings. The van der Waals surface area contributed by atoms with Gasteiger partial charge in [0, 0.05) is 5.56 Å². The molecule has 0 aliphatic heterocycles. The van der Waals surface area contributed by atoms with Gasteiger partial charge in [0.05, 0.1) is 0 Å². The van der Waals surface area contributed by atoms with Gasteiger partial charge in [-0.3, -0.25) is 4.79 Å². The third-order valence-electron chi connectivity index (χ3n) is 1.32. The van der Waals surface area contributed by atoms with E-state index < -0.39 is 0 Å². The largest absolute Gasteiger partial charge is 0.298 e. The third-order valence-corrected chi connectivity index (χ3v) is 1.32. The molecule has 1 rings (SSSR count). The first-order valence-corrected chi connectivity index (χ1v) is 2.85. The van der Waals surface area contributed by atoms with Gasteiger partial charge in [-0.2, -0.15) is 0 Å². The molecule has 0 amide bonds. The smallest absolute Gasteiger partial charge is 0.150 e. The van der Waals surface area contributed by atoms with E-state index in [1.54, 1.807) is 0 Å². The molecule has 0 aromatic heterocycles. The van der Waals surface area contributed by atoms with Crippen molar-refractivity contribution in [3.05, 3.63) is 35.4 Å². The zero-order chi connectivity index (χ0) is 6.69. The molecule has 0 bridgehead atoms. The van der Waals surface area contributed by atoms with Crippen molar-refractivity contribution >= 4 is 6.29 Å². The predicted molar refractivity (Wildman–Crippen MR) is 36.6 cm³/mol. The van der Waals surface area contributed by atoms with Crippen molar-refractivity contribution in [2.75, 3.05) is 0 Å². The number of hydrogen-bond acceptors (Lipinski definition) is 1. The fraction of sp³-hybridized carbons (Fsp3) is 0.125. The Morgan fingerprint density at radius 1 is 1.33 bits per heavy atom. The second kappa shape index (κ2) is 2.44. The van der Waals surface area contributed by atoms with E-state index in [1.807, 2.05) is 31.2 Å². The fourth-order valence-corrected chi connectivity index (χ4v) is 0.719. The van der Waals surface area contributed by atoms with Crippen LogP contribution < -0.4 is 0 Å². The summed E-state index contributed by atoms with van der Waals surface area (Å²) in [6, 6.07) is 7.51. The van der Waals surface area contributed by atoms with Crippen LogP contribution in [-0.2, 0) is 0 Å². The maximum atomic E-state index is 10.2. The standard InChI is InChI=1S/C8H8O/c1-7-4-2-3-5-8(7)6-9/h2-6H,1H3/i8+1. The lowest BCUT2D eigenvalue weighted by atomic mass is 10.3. The highest BCUT2D eigenvalue weighted by Crippen LogP contribution is 2.02. The van der Waals surface area contributed by atoms with Gasteiger partial charge in [0.25, 0.3) is 0 Å². The number of benzene rings is 1. The number of rotatable bonds is 1. The van der Waals surface area contributed by atoms with E-state index in [0.717, 1.165) is 17.4 Å². The normalized spacial score (nSPS) is 9.00. The molecular formula is C8H8O. The predicted octanol–water partition coefficient (Wildman–Crippen LogP) is 1.81. The molecule has 0 unspecified atom stereocenters. The van der Waals surface area contributed by atoms with Crippen molar-refractivity contribution in [3.63, 3.8) is 0 Å². The van der Waals surface area contributed by atoms with Gasteiger partial charge in [-0.05, 0) is 12.5 Å². The van der Waals surface area contributed by atoms with E-state index in [1.165, 1.54) is 0 Å². The van der Waals surface area contributed by atoms with Crippen LogP contribution in [0.1, 0.15) is 15.9 Å². The van der Waals surface area contributed by atoms with E-state index in [-0.39, 0.29) is 0 Å². The van der Waals surface area contributed by atoms with Crippen LogP contribution in [0.15, 0.2) is 24.3 Å². The average Bonchev–Trinajstić information content (AvgIpc) is 1.89. The molecule has 1 aromatic rings. The summed E-state index contributed by atoms with van der Waals surface area (Å²) in [5, 5.41) is 0. The molecule has 0 saturated carbocycles. The third kappa shape index (κ3) is 1.17. The van der Waals surface area contributed by atoms with Crippen LogP contribution in [0, 0.1) is 6.92 Å². The molecule has 0 atom stereocenters. The van der Waals surface area contributed by atoms with E-state index in [9.17, 15) is 4.79 Å². The zero-order valence-corrected chi connectivity index (χ0v) is 5.29. The van der Waals surface area contributed by atoms with Crippen LogP contribution in [0.25, 0.3) is 0 Å². The molecule has 0 N–H and O–H groups in total. The van der Waals surface area contributed by atoms with Crippen LogP contribution >= 0.6 is 0 Å². The SMILES string of the molecule is Cc1cccc[13c]1C=O. The highest BCUT2D eigenvalue weighted by atomic mass is 16.1. The molecule has 46 valence electrons. The number of carbonyl (C=O) groups excluding carboxylic acids is 1. The van der Waals surface area contributed by atoms with Crippen molar-refractivity contribution in [1.82, 2.24) is 0 Å². The van der Waals surface area contributed by atoms with E-state index in [0.29, 0.717) is 0 Å². The van der Waals surface area contributed by atoms with E-state index >= 15 is 0 Å². The minimum atomic E-state index is 0.775. The minimum Gasteiger partial charge on any atom is -0.298 e. The van der Waals surface area contributed by atoms with Gasteiger partial charge in [0.2, 0.25) is 0 Å². The molecule has 0 saturated heterocycles. The summed E-state index contributed by atoms with van der Waals surface area (Å²) in [5.41, 5.74) is 1.81. The highest BCUT2D eigenvalue weighted by molar-refractivity contribution is 5.76. The first kappa shape index (κ1) is 6.02. The van der Waals surface area contributed by atoms with Crippen LogP contribution in [-0.4, -0.2) is 6.29 Å². The molecule has 1 aromatic carbocycles. The lowest BCUT2D eigenvalue weighted by molar-refractivity contribution is 0.112. The van der Waals surface area contributed by atoms with Crippen LogP contribution in [0.5, 0.6) is 0 Å². The second-order valence-corrected chi connectivity index (χ2v) is 1.97. The fourth-order valence-electron chi connectivity index (χ4n) is 0.719. The van der Waals surface area contributed by atoms with Gasteiger partial charge in [-0.25, -0.2) is 0 Å². The summed E-state index contributed by atoms with van der Waals surface area (Å²) in [6.45, 7) is 1.92. The average molecular weight is 121 g/mol. The molecule has 0 heterocycles. The maximum Gasteiger partial charge on any atom is 0.150 e. The van der Waals surface area contributed by atoms with Gasteiger partial charge >= 0.3 is 0 Å². The molecule has 0 spiro atoms. The summed E-state index contributed by atoms with van der Waals surface area (Å²) >= 11 is 0. The van der Waals surface area contributed by atoms with Crippen LogP contribution in [0.4, 0.5) is 0 Å². The number of aldehydes is 1. The first-order chi connectivity index (χ1) is 4.34. The summed E-state index contributed by atoms with van der Waals surface area (Å²) in [5.74, 6) is 0. The molecule has 0 aliphatic carbocycles. The highest BCUT2D eigenvalue weighted by Gasteiger charge is 1.90. The molecule has 1 heteroatoms. The molecule has 0 aliphatic rings. The summed E-state index contributed by atoms with van der Waals surface area (Å²) < 4.78 is 0. The van der Waals surface area contributed by atoms with Crippen molar-refractivity contribution < 1.29 is 4.79 Å². The maximum absolute atomic E-state index is 10.2. The molecule has 1 nitrogen and oxygen atoms in total. The van der Waals surface area contributed by atoms with Gasteiger partial charge < -0.3 is 0 Å². The quantitative estimate of drug-likeness (QED) is 0.518. The Balaban J connectivity index is 3.15. The van der Waals surface area contributed by atoms with Crippen molar-refractivity contribution in [1.29, 1.82) is 0 Å². The molecule has 0 radical (unpaired) electrons. The van der Waals surface area contributed by atoms with Crippen LogP contribution in [0.2, 0.25) is 0 Å². The number of hydrogen-bond donors (Lipinski definition) is 0. The van der Waals surface area contributed by atoms with E-state index in [4.69, 9.17) is 0 Å². The lowest BCUT2D eigenvalue weighted by Gasteiger charge is -1.92. The van der Waals surface area contributed by atoms with Crippen molar-refractivity contribution in [2.24, 2.45) is 0 Å². The second-order valence-electron chi connectivity index (χ2n) is 1.97. The minimum absolute atomic E-state index is 0.775. The Morgan fingerprint density at radius 3 is 2.44 bits per heavy atom. The summed E-state index contributed by atoms with van der Waals surface area (Å²) in [6.07, 6.45) is 0.870. The van der Waals surface area contributed by atoms with Crippen molar-refractivity contribution in [3.8, 4) is 0 Å². The van der Waals surface area contributed by atoms with Gasteiger partial charge in [0.15, 0.2) is 0 Å². The van der Waals surface area contributed by atoms with Gasteiger partial charge in [-0.15, -0.1) is 0 Å². The van der Waals surface area contributed by atoms with Gasteiger partial charge in [0.1, 0.15) is 6.29 Å². The molecule has 9 heavy (non-hydrogen) atoms. The molecular weight excluding hydrogens is 113 g/mol. The Morgan fingerprint density at radius 2 is 2.00 bits per heavy atom. The monoisotopic (exact) mass is 121 g/mol. The lowest BCUT2D eigenvalue weighted by Crippen LogP contribution is -1.82. The van der Waals surface area contributed by atoms with E-state index in [2.05, 4.69) is 0 Å².